The number of alkyl halides is 6. The Bertz CT molecular complexity index is 1250. The molecule has 248 valence electrons. The van der Waals surface area contributed by atoms with Crippen LogP contribution in [0.5, 0.6) is 0 Å². The lowest BCUT2D eigenvalue weighted by atomic mass is 9.80. The summed E-state index contributed by atoms with van der Waals surface area (Å²) in [6.07, 6.45) is -3.34. The molecule has 4 rings (SSSR count). The number of hydrogen-bond acceptors (Lipinski definition) is 6. The summed E-state index contributed by atoms with van der Waals surface area (Å²) >= 11 is 0. The van der Waals surface area contributed by atoms with Gasteiger partial charge in [-0.05, 0) is 68.3 Å². The lowest BCUT2D eigenvalue weighted by molar-refractivity contribution is -0.139. The maximum atomic E-state index is 13.1. The normalized spacial score (nSPS) is 21.6. The molecule has 44 heavy (non-hydrogen) atoms. The van der Waals surface area contributed by atoms with Gasteiger partial charge in [0.25, 0.3) is 5.56 Å². The number of halogens is 6. The molecule has 0 aromatic carbocycles. The van der Waals surface area contributed by atoms with Crippen LogP contribution >= 0.6 is 0 Å². The van der Waals surface area contributed by atoms with Crippen molar-refractivity contribution in [3.63, 3.8) is 0 Å². The number of H-pyrrole nitrogens is 1. The molecule has 5 unspecified atom stereocenters. The molecule has 3 heterocycles. The second kappa shape index (κ2) is 15.8. The number of anilines is 1. The lowest BCUT2D eigenvalue weighted by Crippen LogP contribution is -2.26. The van der Waals surface area contributed by atoms with Gasteiger partial charge < -0.3 is 9.69 Å². The summed E-state index contributed by atoms with van der Waals surface area (Å²) in [5.74, 6) is 1.92. The Kier molecular flexibility index (Phi) is 13.4. The average Bonchev–Trinajstić information content (AvgIpc) is 3.31. The SMILES string of the molecule is CC.CC(=O)CCC(C)C(C)C1CCc2c1n[nH]c(=O)c2C(F)(F)F.CC1CCN(c2ncc(C(F)(F)F)cn2)CCC1C. The number of nitrogens with one attached hydrogen (secondary N) is 1. The summed E-state index contributed by atoms with van der Waals surface area (Å²) < 4.78 is 76.7. The minimum Gasteiger partial charge on any atom is -0.341 e. The van der Waals surface area contributed by atoms with Gasteiger partial charge in [0.15, 0.2) is 0 Å². The van der Waals surface area contributed by atoms with Gasteiger partial charge in [0.05, 0.1) is 11.3 Å². The first-order chi connectivity index (χ1) is 20.5. The Balaban J connectivity index is 0.000000295. The van der Waals surface area contributed by atoms with Crippen molar-refractivity contribution < 1.29 is 31.1 Å². The first kappa shape index (κ1) is 37.2. The topological polar surface area (TPSA) is 91.8 Å². The molecule has 5 atom stereocenters. The highest BCUT2D eigenvalue weighted by molar-refractivity contribution is 5.75. The van der Waals surface area contributed by atoms with Gasteiger partial charge >= 0.3 is 12.4 Å². The van der Waals surface area contributed by atoms with E-state index in [1.807, 2.05) is 37.7 Å². The lowest BCUT2D eigenvalue weighted by Gasteiger charge is -2.25. The van der Waals surface area contributed by atoms with Crippen molar-refractivity contribution >= 4 is 11.7 Å². The van der Waals surface area contributed by atoms with Crippen LogP contribution in [0.2, 0.25) is 0 Å². The maximum Gasteiger partial charge on any atom is 0.422 e. The van der Waals surface area contributed by atoms with Crippen molar-refractivity contribution in [2.24, 2.45) is 23.7 Å². The smallest absolute Gasteiger partial charge is 0.341 e. The number of carbonyl (C=O) groups excluding carboxylic acids is 1. The highest BCUT2D eigenvalue weighted by Gasteiger charge is 2.42. The Hall–Kier alpha value is -2.99. The Morgan fingerprint density at radius 1 is 0.977 bits per heavy atom. The molecule has 0 amide bonds. The second-order valence-electron chi connectivity index (χ2n) is 11.8. The summed E-state index contributed by atoms with van der Waals surface area (Å²) in [5.41, 5.74) is -2.67. The fraction of sp³-hybridized carbons (Fsp3) is 0.710. The first-order valence-corrected chi connectivity index (χ1v) is 15.3. The van der Waals surface area contributed by atoms with Crippen molar-refractivity contribution in [1.82, 2.24) is 20.2 Å². The van der Waals surface area contributed by atoms with E-state index in [-0.39, 0.29) is 35.5 Å². The number of fused-ring (bicyclic) bond motifs is 1. The summed E-state index contributed by atoms with van der Waals surface area (Å²) in [4.78, 5) is 32.3. The standard InChI is InChI=1S/C16H21F3N2O2.C13H18F3N3.C2H6/c1-8(4-5-9(2)22)10(3)11-6-7-12-13(16(17,18)19)15(23)21-20-14(11)12;1-9-3-5-19(6-4-10(9)2)12-17-7-11(8-18-12)13(14,15)16;1-2/h8,10-11H,4-7H2,1-3H3,(H,21,23);7-10H,3-6H2,1-2H3;1-2H3. The molecule has 0 spiro atoms. The van der Waals surface area contributed by atoms with Crippen LogP contribution < -0.4 is 10.5 Å². The van der Waals surface area contributed by atoms with Crippen molar-refractivity contribution in [1.29, 1.82) is 0 Å². The zero-order valence-corrected chi connectivity index (χ0v) is 26.6. The molecule has 1 aliphatic heterocycles. The zero-order valence-electron chi connectivity index (χ0n) is 26.6. The van der Waals surface area contributed by atoms with Crippen molar-refractivity contribution in [2.45, 2.75) is 105 Å². The van der Waals surface area contributed by atoms with Crippen LogP contribution in [-0.2, 0) is 23.6 Å². The summed E-state index contributed by atoms with van der Waals surface area (Å²) in [7, 11) is 0. The second-order valence-corrected chi connectivity index (χ2v) is 11.8. The van der Waals surface area contributed by atoms with Crippen molar-refractivity contribution in [2.75, 3.05) is 18.0 Å². The van der Waals surface area contributed by atoms with Gasteiger partial charge in [0.2, 0.25) is 5.95 Å². The minimum absolute atomic E-state index is 0.0388. The number of carbonyl (C=O) groups is 1. The molecule has 1 aliphatic carbocycles. The molecule has 0 radical (unpaired) electrons. The Labute approximate surface area is 255 Å². The summed E-state index contributed by atoms with van der Waals surface area (Å²) in [6.45, 7) is 15.5. The van der Waals surface area contributed by atoms with Crippen molar-refractivity contribution in [3.8, 4) is 0 Å². The van der Waals surface area contributed by atoms with E-state index in [4.69, 9.17) is 0 Å². The third-order valence-corrected chi connectivity index (χ3v) is 8.87. The Morgan fingerprint density at radius 3 is 2.00 bits per heavy atom. The predicted octanol–water partition coefficient (Wildman–Crippen LogP) is 7.85. The van der Waals surface area contributed by atoms with Gasteiger partial charge in [-0.15, -0.1) is 0 Å². The summed E-state index contributed by atoms with van der Waals surface area (Å²) in [6, 6.07) is 0. The third-order valence-electron chi connectivity index (χ3n) is 8.87. The van der Waals surface area contributed by atoms with E-state index < -0.39 is 29.0 Å². The number of nitrogens with zero attached hydrogens (tertiary/aromatic N) is 4. The fourth-order valence-corrected chi connectivity index (χ4v) is 5.63. The number of rotatable bonds is 6. The van der Waals surface area contributed by atoms with E-state index in [2.05, 4.69) is 28.9 Å². The van der Waals surface area contributed by atoms with E-state index in [0.29, 0.717) is 42.7 Å². The van der Waals surface area contributed by atoms with Crippen molar-refractivity contribution in [3.05, 3.63) is 45.1 Å². The van der Waals surface area contributed by atoms with E-state index in [1.165, 1.54) is 6.92 Å². The molecular weight excluding hydrogens is 588 g/mol. The summed E-state index contributed by atoms with van der Waals surface area (Å²) in [5, 5.41) is 5.91. The van der Waals surface area contributed by atoms with Gasteiger partial charge in [-0.1, -0.05) is 41.5 Å². The molecule has 7 nitrogen and oxygen atoms in total. The van der Waals surface area contributed by atoms with E-state index in [1.54, 1.807) is 0 Å². The number of ketones is 1. The molecule has 1 fully saturated rings. The molecule has 2 aromatic heterocycles. The zero-order chi connectivity index (χ0) is 33.4. The van der Waals surface area contributed by atoms with Gasteiger partial charge in [0, 0.05) is 37.8 Å². The van der Waals surface area contributed by atoms with Gasteiger partial charge in [-0.2, -0.15) is 31.4 Å². The molecule has 0 bridgehead atoms. The van der Waals surface area contributed by atoms with Gasteiger partial charge in [0.1, 0.15) is 11.3 Å². The average molecular weight is 634 g/mol. The molecule has 2 aromatic rings. The number of hydrogen-bond donors (Lipinski definition) is 1. The van der Waals surface area contributed by atoms with E-state index >= 15 is 0 Å². The van der Waals surface area contributed by atoms with Crippen LogP contribution in [-0.4, -0.2) is 39.0 Å². The maximum absolute atomic E-state index is 13.1. The van der Waals surface area contributed by atoms with Crippen LogP contribution in [0, 0.1) is 23.7 Å². The van der Waals surface area contributed by atoms with E-state index in [0.717, 1.165) is 38.3 Å². The van der Waals surface area contributed by atoms with Gasteiger partial charge in [-0.3, -0.25) is 4.79 Å². The quantitative estimate of drug-likeness (QED) is 0.326. The Morgan fingerprint density at radius 2 is 1.52 bits per heavy atom. The van der Waals surface area contributed by atoms with Gasteiger partial charge in [-0.25, -0.2) is 15.1 Å². The predicted molar refractivity (Wildman–Crippen MR) is 157 cm³/mol. The van der Waals surface area contributed by atoms with Crippen LogP contribution in [0.25, 0.3) is 0 Å². The highest BCUT2D eigenvalue weighted by atomic mass is 19.4. The van der Waals surface area contributed by atoms with E-state index in [9.17, 15) is 35.9 Å². The van der Waals surface area contributed by atoms with Crippen LogP contribution in [0.4, 0.5) is 32.3 Å². The molecule has 2 aliphatic rings. The molecular formula is C31H45F6N5O2. The molecule has 0 saturated carbocycles. The monoisotopic (exact) mass is 633 g/mol. The number of Topliss-reactive ketones (excluding diaryl/α,β-unsaturated/α-hetero) is 1. The highest BCUT2D eigenvalue weighted by Crippen LogP contribution is 2.44. The third kappa shape index (κ3) is 9.76. The minimum atomic E-state index is -4.67. The van der Waals surface area contributed by atoms with Crippen LogP contribution in [0.15, 0.2) is 17.2 Å². The number of aromatic nitrogens is 4. The molecule has 1 N–H and O–H groups in total. The van der Waals surface area contributed by atoms with Crippen LogP contribution in [0.1, 0.15) is 109 Å². The van der Waals surface area contributed by atoms with Crippen LogP contribution in [0.3, 0.4) is 0 Å². The first-order valence-electron chi connectivity index (χ1n) is 15.3. The molecule has 1 saturated heterocycles. The fourth-order valence-electron chi connectivity index (χ4n) is 5.63. The molecule has 13 heteroatoms. The largest absolute Gasteiger partial charge is 0.422 e. The number of aromatic amines is 1.